The van der Waals surface area contributed by atoms with Crippen molar-refractivity contribution in [2.24, 2.45) is 0 Å². The van der Waals surface area contributed by atoms with Crippen molar-refractivity contribution in [3.8, 4) is 0 Å². The Morgan fingerprint density at radius 1 is 1.06 bits per heavy atom. The molecule has 1 N–H and O–H groups in total. The minimum atomic E-state index is 0.418. The molecule has 0 fully saturated rings. The summed E-state index contributed by atoms with van der Waals surface area (Å²) in [6.07, 6.45) is 12.7. The number of nitrogens with zero attached hydrogens (tertiary/aromatic N) is 1. The highest BCUT2D eigenvalue weighted by molar-refractivity contribution is 5.08. The highest BCUT2D eigenvalue weighted by Gasteiger charge is 2.08. The molecule has 1 heterocycles. The molecular formula is C16H28N2. The van der Waals surface area contributed by atoms with Crippen LogP contribution < -0.4 is 5.32 Å². The normalized spacial score (nSPS) is 12.6. The quantitative estimate of drug-likeness (QED) is 0.617. The Morgan fingerprint density at radius 3 is 2.39 bits per heavy atom. The summed E-state index contributed by atoms with van der Waals surface area (Å²) >= 11 is 0. The fourth-order valence-corrected chi connectivity index (χ4v) is 2.33. The summed E-state index contributed by atoms with van der Waals surface area (Å²) < 4.78 is 0. The molecule has 2 nitrogen and oxygen atoms in total. The third-order valence-electron chi connectivity index (χ3n) is 3.49. The van der Waals surface area contributed by atoms with Crippen LogP contribution in [0.1, 0.15) is 70.0 Å². The number of rotatable bonds is 10. The van der Waals surface area contributed by atoms with Crippen LogP contribution in [0.4, 0.5) is 0 Å². The van der Waals surface area contributed by atoms with Gasteiger partial charge < -0.3 is 5.32 Å². The van der Waals surface area contributed by atoms with E-state index in [2.05, 4.69) is 29.4 Å². The van der Waals surface area contributed by atoms with Crippen molar-refractivity contribution in [1.29, 1.82) is 0 Å². The lowest BCUT2D eigenvalue weighted by molar-refractivity contribution is 0.488. The molecule has 0 aliphatic rings. The molecule has 0 aromatic carbocycles. The van der Waals surface area contributed by atoms with E-state index in [1.165, 1.54) is 57.1 Å². The van der Waals surface area contributed by atoms with E-state index in [1.54, 1.807) is 0 Å². The van der Waals surface area contributed by atoms with E-state index in [-0.39, 0.29) is 0 Å². The van der Waals surface area contributed by atoms with Crippen molar-refractivity contribution >= 4 is 0 Å². The van der Waals surface area contributed by atoms with Gasteiger partial charge in [-0.3, -0.25) is 4.98 Å². The van der Waals surface area contributed by atoms with Crippen LogP contribution in [0.5, 0.6) is 0 Å². The predicted molar refractivity (Wildman–Crippen MR) is 78.6 cm³/mol. The van der Waals surface area contributed by atoms with Crippen molar-refractivity contribution in [2.45, 2.75) is 64.3 Å². The van der Waals surface area contributed by atoms with Crippen molar-refractivity contribution < 1.29 is 0 Å². The van der Waals surface area contributed by atoms with Gasteiger partial charge in [0.1, 0.15) is 0 Å². The molecule has 1 unspecified atom stereocenters. The molecule has 1 rings (SSSR count). The third-order valence-corrected chi connectivity index (χ3v) is 3.49. The second kappa shape index (κ2) is 10.1. The maximum atomic E-state index is 4.43. The average Bonchev–Trinajstić information content (AvgIpc) is 2.43. The Morgan fingerprint density at radius 2 is 1.78 bits per heavy atom. The van der Waals surface area contributed by atoms with E-state index in [0.29, 0.717) is 6.04 Å². The van der Waals surface area contributed by atoms with E-state index in [4.69, 9.17) is 0 Å². The van der Waals surface area contributed by atoms with Crippen LogP contribution in [-0.4, -0.2) is 12.0 Å². The Labute approximate surface area is 112 Å². The maximum Gasteiger partial charge on any atom is 0.0573 e. The van der Waals surface area contributed by atoms with Crippen molar-refractivity contribution in [3.05, 3.63) is 30.1 Å². The van der Waals surface area contributed by atoms with Gasteiger partial charge in [0, 0.05) is 12.2 Å². The zero-order valence-corrected chi connectivity index (χ0v) is 12.0. The molecule has 1 atom stereocenters. The minimum absolute atomic E-state index is 0.418. The van der Waals surface area contributed by atoms with Crippen LogP contribution in [0.25, 0.3) is 0 Å². The Hall–Kier alpha value is -0.890. The first-order valence-electron chi connectivity index (χ1n) is 7.46. The first-order chi connectivity index (χ1) is 8.88. The molecule has 1 aromatic heterocycles. The van der Waals surface area contributed by atoms with Crippen LogP contribution in [0, 0.1) is 0 Å². The Balaban J connectivity index is 2.13. The SMILES string of the molecule is CCCCCCCCCC(NC)c1ccccn1. The summed E-state index contributed by atoms with van der Waals surface area (Å²) in [4.78, 5) is 4.43. The van der Waals surface area contributed by atoms with E-state index in [1.807, 2.05) is 19.3 Å². The molecule has 18 heavy (non-hydrogen) atoms. The van der Waals surface area contributed by atoms with E-state index >= 15 is 0 Å². The predicted octanol–water partition coefficient (Wildman–Crippen LogP) is 4.48. The molecule has 1 aromatic rings. The molecule has 0 bridgehead atoms. The first kappa shape index (κ1) is 15.2. The highest BCUT2D eigenvalue weighted by Crippen LogP contribution is 2.18. The van der Waals surface area contributed by atoms with Gasteiger partial charge in [-0.15, -0.1) is 0 Å². The molecule has 0 saturated heterocycles. The number of nitrogens with one attached hydrogen (secondary N) is 1. The van der Waals surface area contributed by atoms with Gasteiger partial charge in [-0.05, 0) is 25.6 Å². The summed E-state index contributed by atoms with van der Waals surface area (Å²) in [6, 6.07) is 6.57. The second-order valence-corrected chi connectivity index (χ2v) is 5.01. The number of hydrogen-bond donors (Lipinski definition) is 1. The smallest absolute Gasteiger partial charge is 0.0573 e. The number of pyridine rings is 1. The van der Waals surface area contributed by atoms with Crippen LogP contribution in [0.2, 0.25) is 0 Å². The van der Waals surface area contributed by atoms with Gasteiger partial charge in [-0.2, -0.15) is 0 Å². The lowest BCUT2D eigenvalue weighted by Gasteiger charge is -2.15. The topological polar surface area (TPSA) is 24.9 Å². The molecule has 0 saturated carbocycles. The maximum absolute atomic E-state index is 4.43. The van der Waals surface area contributed by atoms with E-state index in [9.17, 15) is 0 Å². The van der Waals surface area contributed by atoms with Crippen molar-refractivity contribution in [2.75, 3.05) is 7.05 Å². The Kier molecular flexibility index (Phi) is 8.49. The minimum Gasteiger partial charge on any atom is -0.312 e. The highest BCUT2D eigenvalue weighted by atomic mass is 14.9. The van der Waals surface area contributed by atoms with E-state index < -0.39 is 0 Å². The van der Waals surface area contributed by atoms with Gasteiger partial charge in [0.2, 0.25) is 0 Å². The second-order valence-electron chi connectivity index (χ2n) is 5.01. The summed E-state index contributed by atoms with van der Waals surface area (Å²) in [6.45, 7) is 2.27. The fraction of sp³-hybridized carbons (Fsp3) is 0.688. The lowest BCUT2D eigenvalue weighted by Crippen LogP contribution is -2.17. The van der Waals surface area contributed by atoms with Crippen LogP contribution in [0.3, 0.4) is 0 Å². The molecule has 0 aliphatic carbocycles. The summed E-state index contributed by atoms with van der Waals surface area (Å²) in [7, 11) is 2.03. The van der Waals surface area contributed by atoms with Crippen LogP contribution >= 0.6 is 0 Å². The van der Waals surface area contributed by atoms with Crippen LogP contribution in [0.15, 0.2) is 24.4 Å². The van der Waals surface area contributed by atoms with Gasteiger partial charge in [-0.1, -0.05) is 57.9 Å². The average molecular weight is 248 g/mol. The third kappa shape index (κ3) is 6.15. The monoisotopic (exact) mass is 248 g/mol. The summed E-state index contributed by atoms with van der Waals surface area (Å²) in [5.74, 6) is 0. The van der Waals surface area contributed by atoms with Gasteiger partial charge in [-0.25, -0.2) is 0 Å². The zero-order valence-electron chi connectivity index (χ0n) is 12.0. The number of aromatic nitrogens is 1. The Bertz CT molecular complexity index is 284. The molecule has 0 amide bonds. The molecule has 2 heteroatoms. The molecular weight excluding hydrogens is 220 g/mol. The molecule has 102 valence electrons. The van der Waals surface area contributed by atoms with Crippen molar-refractivity contribution in [3.63, 3.8) is 0 Å². The van der Waals surface area contributed by atoms with Gasteiger partial charge in [0.25, 0.3) is 0 Å². The standard InChI is InChI=1S/C16H28N2/c1-3-4-5-6-7-8-9-12-15(17-2)16-13-10-11-14-18-16/h10-11,13-15,17H,3-9,12H2,1-2H3. The number of unbranched alkanes of at least 4 members (excludes halogenated alkanes) is 6. The summed E-state index contributed by atoms with van der Waals surface area (Å²) in [5, 5.41) is 3.37. The van der Waals surface area contributed by atoms with Gasteiger partial charge in [0.15, 0.2) is 0 Å². The van der Waals surface area contributed by atoms with Gasteiger partial charge in [0.05, 0.1) is 5.69 Å². The van der Waals surface area contributed by atoms with Crippen LogP contribution in [-0.2, 0) is 0 Å². The number of hydrogen-bond acceptors (Lipinski definition) is 2. The van der Waals surface area contributed by atoms with Gasteiger partial charge >= 0.3 is 0 Å². The zero-order chi connectivity index (χ0) is 13.1. The van der Waals surface area contributed by atoms with Crippen molar-refractivity contribution in [1.82, 2.24) is 10.3 Å². The first-order valence-corrected chi connectivity index (χ1v) is 7.46. The fourth-order valence-electron chi connectivity index (χ4n) is 2.33. The molecule has 0 radical (unpaired) electrons. The lowest BCUT2D eigenvalue weighted by atomic mass is 10.0. The molecule has 0 spiro atoms. The van der Waals surface area contributed by atoms with E-state index in [0.717, 1.165) is 0 Å². The molecule has 0 aliphatic heterocycles. The summed E-state index contributed by atoms with van der Waals surface area (Å²) in [5.41, 5.74) is 1.17. The largest absolute Gasteiger partial charge is 0.312 e.